The van der Waals surface area contributed by atoms with Gasteiger partial charge in [-0.15, -0.1) is 0 Å². The molecule has 0 atom stereocenters. The highest BCUT2D eigenvalue weighted by atomic mass is 19.2. The van der Waals surface area contributed by atoms with E-state index in [4.69, 9.17) is 4.42 Å². The van der Waals surface area contributed by atoms with E-state index in [0.29, 0.717) is 17.0 Å². The summed E-state index contributed by atoms with van der Waals surface area (Å²) in [5, 5.41) is 2.56. The van der Waals surface area contributed by atoms with Crippen molar-refractivity contribution in [2.24, 2.45) is 0 Å². The fourth-order valence-electron chi connectivity index (χ4n) is 4.52. The molecule has 0 spiro atoms. The average molecular weight is 465 g/mol. The lowest BCUT2D eigenvalue weighted by Gasteiger charge is -2.25. The molecule has 5 nitrogen and oxygen atoms in total. The first kappa shape index (κ1) is 22.0. The van der Waals surface area contributed by atoms with Crippen LogP contribution in [0.5, 0.6) is 0 Å². The Morgan fingerprint density at radius 1 is 1.03 bits per heavy atom. The van der Waals surface area contributed by atoms with Gasteiger partial charge in [-0.25, -0.2) is 18.2 Å². The number of rotatable bonds is 5. The summed E-state index contributed by atoms with van der Waals surface area (Å²) in [6.07, 6.45) is 7.96. The van der Waals surface area contributed by atoms with Crippen LogP contribution in [0.3, 0.4) is 0 Å². The summed E-state index contributed by atoms with van der Waals surface area (Å²) in [6.45, 7) is 0. The number of carbonyl (C=O) groups excluding carboxylic acids is 1. The molecular weight excluding hydrogens is 443 g/mol. The number of aromatic nitrogens is 2. The molecule has 1 amide bonds. The van der Waals surface area contributed by atoms with Gasteiger partial charge >= 0.3 is 0 Å². The molecule has 1 fully saturated rings. The third kappa shape index (κ3) is 4.23. The highest BCUT2D eigenvalue weighted by Crippen LogP contribution is 2.40. The summed E-state index contributed by atoms with van der Waals surface area (Å²) >= 11 is 0. The van der Waals surface area contributed by atoms with Gasteiger partial charge < -0.3 is 14.3 Å². The lowest BCUT2D eigenvalue weighted by Crippen LogP contribution is -2.14. The molecule has 34 heavy (non-hydrogen) atoms. The van der Waals surface area contributed by atoms with Gasteiger partial charge in [0, 0.05) is 28.9 Å². The number of benzene rings is 2. The Balaban J connectivity index is 1.63. The SMILES string of the molecule is O=C(Nc1cc(F)c(F)c(-c2c(-c3ccc(F)cc3)ncn2C2CCCCC2)c1)c1ccco1. The molecular formula is C26H22F3N3O2. The van der Waals surface area contributed by atoms with Gasteiger partial charge in [-0.05, 0) is 55.3 Å². The lowest BCUT2D eigenvalue weighted by molar-refractivity contribution is 0.0996. The van der Waals surface area contributed by atoms with E-state index >= 15 is 4.39 Å². The van der Waals surface area contributed by atoms with E-state index in [-0.39, 0.29) is 23.1 Å². The lowest BCUT2D eigenvalue weighted by atomic mass is 9.94. The maximum atomic E-state index is 15.3. The van der Waals surface area contributed by atoms with Crippen LogP contribution in [0.1, 0.15) is 48.7 Å². The maximum absolute atomic E-state index is 15.3. The average Bonchev–Trinajstić information content (AvgIpc) is 3.53. The fraction of sp³-hybridized carbons (Fsp3) is 0.231. The number of halogens is 3. The zero-order valence-corrected chi connectivity index (χ0v) is 18.2. The molecule has 2 heterocycles. The van der Waals surface area contributed by atoms with E-state index in [0.717, 1.165) is 38.2 Å². The van der Waals surface area contributed by atoms with Crippen molar-refractivity contribution >= 4 is 11.6 Å². The number of amides is 1. The first-order chi connectivity index (χ1) is 16.5. The summed E-state index contributed by atoms with van der Waals surface area (Å²) in [5.74, 6) is -3.09. The minimum Gasteiger partial charge on any atom is -0.459 e. The van der Waals surface area contributed by atoms with Crippen LogP contribution in [0.2, 0.25) is 0 Å². The van der Waals surface area contributed by atoms with E-state index in [1.807, 2.05) is 4.57 Å². The Hall–Kier alpha value is -3.81. The zero-order valence-electron chi connectivity index (χ0n) is 18.2. The van der Waals surface area contributed by atoms with Crippen LogP contribution in [0.15, 0.2) is 65.5 Å². The van der Waals surface area contributed by atoms with Crippen LogP contribution in [0.25, 0.3) is 22.5 Å². The molecule has 8 heteroatoms. The van der Waals surface area contributed by atoms with Crippen molar-refractivity contribution in [3.05, 3.63) is 84.3 Å². The second kappa shape index (κ2) is 9.21. The second-order valence-corrected chi connectivity index (χ2v) is 8.40. The van der Waals surface area contributed by atoms with Crippen molar-refractivity contribution in [1.82, 2.24) is 9.55 Å². The normalized spacial score (nSPS) is 14.3. The number of furan rings is 1. The van der Waals surface area contributed by atoms with Gasteiger partial charge in [0.1, 0.15) is 5.82 Å². The second-order valence-electron chi connectivity index (χ2n) is 8.40. The van der Waals surface area contributed by atoms with Crippen molar-refractivity contribution in [3.8, 4) is 22.5 Å². The van der Waals surface area contributed by atoms with Crippen LogP contribution in [0, 0.1) is 17.5 Å². The number of hydrogen-bond donors (Lipinski definition) is 1. The summed E-state index contributed by atoms with van der Waals surface area (Å²) in [5.41, 5.74) is 1.44. The van der Waals surface area contributed by atoms with Crippen LogP contribution >= 0.6 is 0 Å². The van der Waals surface area contributed by atoms with Crippen LogP contribution < -0.4 is 5.32 Å². The van der Waals surface area contributed by atoms with Crippen molar-refractivity contribution in [3.63, 3.8) is 0 Å². The quantitative estimate of drug-likeness (QED) is 0.346. The minimum absolute atomic E-state index is 0.0304. The third-order valence-corrected chi connectivity index (χ3v) is 6.17. The van der Waals surface area contributed by atoms with E-state index in [9.17, 15) is 13.6 Å². The maximum Gasteiger partial charge on any atom is 0.291 e. The summed E-state index contributed by atoms with van der Waals surface area (Å²) in [4.78, 5) is 16.9. The summed E-state index contributed by atoms with van der Waals surface area (Å²) in [6, 6.07) is 11.2. The Kier molecular flexibility index (Phi) is 5.96. The summed E-state index contributed by atoms with van der Waals surface area (Å²) < 4.78 is 50.5. The first-order valence-corrected chi connectivity index (χ1v) is 11.2. The smallest absolute Gasteiger partial charge is 0.291 e. The standard InChI is InChI=1S/C26H22F3N3O2/c27-17-10-8-16(9-11-17)24-25(32(15-30-24)19-5-2-1-3-6-19)20-13-18(14-21(28)23(20)29)31-26(33)22-7-4-12-34-22/h4,7-15,19H,1-3,5-6H2,(H,31,33). The van der Waals surface area contributed by atoms with Gasteiger partial charge in [0.2, 0.25) is 0 Å². The molecule has 174 valence electrons. The van der Waals surface area contributed by atoms with Crippen molar-refractivity contribution < 1.29 is 22.4 Å². The topological polar surface area (TPSA) is 60.1 Å². The molecule has 1 aliphatic rings. The zero-order chi connectivity index (χ0) is 23.7. The van der Waals surface area contributed by atoms with Crippen molar-refractivity contribution in [2.45, 2.75) is 38.1 Å². The molecule has 0 saturated heterocycles. The van der Waals surface area contributed by atoms with Crippen LogP contribution in [-0.2, 0) is 0 Å². The fourth-order valence-corrected chi connectivity index (χ4v) is 4.52. The van der Waals surface area contributed by atoms with Gasteiger partial charge in [-0.2, -0.15) is 0 Å². The van der Waals surface area contributed by atoms with Crippen LogP contribution in [0.4, 0.5) is 18.9 Å². The van der Waals surface area contributed by atoms with Crippen molar-refractivity contribution in [2.75, 3.05) is 5.32 Å². The van der Waals surface area contributed by atoms with Gasteiger partial charge in [0.05, 0.1) is 24.0 Å². The molecule has 0 bridgehead atoms. The molecule has 2 aromatic heterocycles. The Morgan fingerprint density at radius 3 is 2.50 bits per heavy atom. The molecule has 0 unspecified atom stereocenters. The molecule has 1 N–H and O–H groups in total. The number of nitrogens with one attached hydrogen (secondary N) is 1. The predicted octanol–water partition coefficient (Wildman–Crippen LogP) is 6.98. The van der Waals surface area contributed by atoms with Gasteiger partial charge in [-0.1, -0.05) is 19.3 Å². The largest absolute Gasteiger partial charge is 0.459 e. The first-order valence-electron chi connectivity index (χ1n) is 11.2. The molecule has 1 aliphatic carbocycles. The van der Waals surface area contributed by atoms with Crippen molar-refractivity contribution in [1.29, 1.82) is 0 Å². The van der Waals surface area contributed by atoms with Crippen LogP contribution in [-0.4, -0.2) is 15.5 Å². The van der Waals surface area contributed by atoms with E-state index in [2.05, 4.69) is 10.3 Å². The molecule has 2 aromatic carbocycles. The minimum atomic E-state index is -1.10. The number of imidazole rings is 1. The van der Waals surface area contributed by atoms with E-state index in [1.165, 1.54) is 30.5 Å². The molecule has 4 aromatic rings. The molecule has 0 radical (unpaired) electrons. The van der Waals surface area contributed by atoms with Gasteiger partial charge in [0.25, 0.3) is 5.91 Å². The van der Waals surface area contributed by atoms with E-state index < -0.39 is 23.4 Å². The third-order valence-electron chi connectivity index (χ3n) is 6.17. The Bertz CT molecular complexity index is 1310. The Morgan fingerprint density at radius 2 is 1.79 bits per heavy atom. The van der Waals surface area contributed by atoms with Gasteiger partial charge in [0.15, 0.2) is 17.4 Å². The highest BCUT2D eigenvalue weighted by Gasteiger charge is 2.26. The molecule has 0 aliphatic heterocycles. The number of hydrogen-bond acceptors (Lipinski definition) is 3. The number of anilines is 1. The Labute approximate surface area is 194 Å². The van der Waals surface area contributed by atoms with E-state index in [1.54, 1.807) is 24.5 Å². The molecule has 1 saturated carbocycles. The number of nitrogens with zero attached hydrogens (tertiary/aromatic N) is 2. The summed E-state index contributed by atoms with van der Waals surface area (Å²) in [7, 11) is 0. The van der Waals surface area contributed by atoms with Gasteiger partial charge in [-0.3, -0.25) is 4.79 Å². The number of carbonyl (C=O) groups is 1. The highest BCUT2D eigenvalue weighted by molar-refractivity contribution is 6.02. The predicted molar refractivity (Wildman–Crippen MR) is 122 cm³/mol. The molecule has 5 rings (SSSR count). The monoisotopic (exact) mass is 465 g/mol.